The van der Waals surface area contributed by atoms with Gasteiger partial charge in [-0.05, 0) is 37.1 Å². The van der Waals surface area contributed by atoms with Gasteiger partial charge in [0.05, 0.1) is 18.2 Å². The summed E-state index contributed by atoms with van der Waals surface area (Å²) in [5, 5.41) is 8.49. The average Bonchev–Trinajstić information content (AvgIpc) is 3.20. The molecule has 0 spiro atoms. The molecule has 0 bridgehead atoms. The Balaban J connectivity index is 1.48. The van der Waals surface area contributed by atoms with E-state index in [0.717, 1.165) is 25.1 Å². The van der Waals surface area contributed by atoms with Gasteiger partial charge in [0.25, 0.3) is 0 Å². The zero-order valence-electron chi connectivity index (χ0n) is 12.5. The molecule has 1 saturated heterocycles. The van der Waals surface area contributed by atoms with Crippen molar-refractivity contribution in [3.63, 3.8) is 0 Å². The summed E-state index contributed by atoms with van der Waals surface area (Å²) in [6.45, 7) is 1.34. The molecule has 0 saturated carbocycles. The summed E-state index contributed by atoms with van der Waals surface area (Å²) in [5.41, 5.74) is 1.47. The zero-order valence-corrected chi connectivity index (χ0v) is 13.4. The van der Waals surface area contributed by atoms with Crippen LogP contribution in [0.15, 0.2) is 29.6 Å². The van der Waals surface area contributed by atoms with E-state index >= 15 is 0 Å². The minimum atomic E-state index is -0.279. The fourth-order valence-corrected chi connectivity index (χ4v) is 3.09. The lowest BCUT2D eigenvalue weighted by Crippen LogP contribution is -2.32. The van der Waals surface area contributed by atoms with Crippen LogP contribution in [0.3, 0.4) is 0 Å². The number of carbonyl (C=O) groups excluding carboxylic acids is 1. The Morgan fingerprint density at radius 2 is 2.22 bits per heavy atom. The molecular weight excluding hydrogens is 317 g/mol. The van der Waals surface area contributed by atoms with Crippen LogP contribution in [-0.4, -0.2) is 30.1 Å². The number of benzene rings is 1. The van der Waals surface area contributed by atoms with E-state index in [0.29, 0.717) is 17.4 Å². The minimum Gasteiger partial charge on any atom is -0.376 e. The number of hydrogen-bond donors (Lipinski definition) is 2. The molecule has 1 aromatic carbocycles. The van der Waals surface area contributed by atoms with Crippen molar-refractivity contribution in [2.24, 2.45) is 0 Å². The van der Waals surface area contributed by atoms with E-state index < -0.39 is 0 Å². The monoisotopic (exact) mass is 335 g/mol. The van der Waals surface area contributed by atoms with E-state index in [1.165, 1.54) is 23.5 Å². The quantitative estimate of drug-likeness (QED) is 0.852. The van der Waals surface area contributed by atoms with Crippen LogP contribution in [0.5, 0.6) is 0 Å². The highest BCUT2D eigenvalue weighted by Crippen LogP contribution is 2.21. The van der Waals surface area contributed by atoms with Crippen molar-refractivity contribution in [1.82, 2.24) is 10.3 Å². The number of nitrogens with one attached hydrogen (secondary N) is 2. The van der Waals surface area contributed by atoms with E-state index in [9.17, 15) is 9.18 Å². The number of nitrogens with zero attached hydrogens (tertiary/aromatic N) is 1. The van der Waals surface area contributed by atoms with Gasteiger partial charge in [0, 0.05) is 24.2 Å². The van der Waals surface area contributed by atoms with Crippen molar-refractivity contribution in [3.8, 4) is 0 Å². The third-order valence-electron chi connectivity index (χ3n) is 3.54. The maximum Gasteiger partial charge on any atom is 0.226 e. The summed E-state index contributed by atoms with van der Waals surface area (Å²) in [5.74, 6) is -0.336. The maximum atomic E-state index is 12.9. The predicted octanol–water partition coefficient (Wildman–Crippen LogP) is 2.86. The second-order valence-electron chi connectivity index (χ2n) is 5.39. The second kappa shape index (κ2) is 7.52. The standard InChI is InChI=1S/C16H18FN3O2S/c17-11-3-5-12(6-4-11)19-16-20-13(10-23-16)8-15(21)18-9-14-2-1-7-22-14/h3-6,10,14H,1-2,7-9H2,(H,18,21)(H,19,20). The first-order valence-corrected chi connectivity index (χ1v) is 8.42. The molecule has 1 aliphatic rings. The lowest BCUT2D eigenvalue weighted by atomic mass is 10.2. The molecule has 23 heavy (non-hydrogen) atoms. The molecule has 3 rings (SSSR count). The van der Waals surface area contributed by atoms with Gasteiger partial charge >= 0.3 is 0 Å². The van der Waals surface area contributed by atoms with E-state index in [1.807, 2.05) is 5.38 Å². The Kier molecular flexibility index (Phi) is 5.19. The molecule has 122 valence electrons. The molecule has 1 aromatic heterocycles. The molecule has 1 atom stereocenters. The Bertz CT molecular complexity index is 654. The highest BCUT2D eigenvalue weighted by atomic mass is 32.1. The van der Waals surface area contributed by atoms with E-state index in [-0.39, 0.29) is 24.2 Å². The van der Waals surface area contributed by atoms with E-state index in [1.54, 1.807) is 12.1 Å². The number of anilines is 2. The molecular formula is C16H18FN3O2S. The topological polar surface area (TPSA) is 63.2 Å². The van der Waals surface area contributed by atoms with Crippen LogP contribution in [0, 0.1) is 5.82 Å². The van der Waals surface area contributed by atoms with Crippen molar-refractivity contribution in [3.05, 3.63) is 41.2 Å². The fourth-order valence-electron chi connectivity index (χ4n) is 2.36. The van der Waals surface area contributed by atoms with Gasteiger partial charge in [-0.15, -0.1) is 11.3 Å². The van der Waals surface area contributed by atoms with Crippen LogP contribution in [0.2, 0.25) is 0 Å². The number of rotatable bonds is 6. The van der Waals surface area contributed by atoms with Crippen molar-refractivity contribution in [2.45, 2.75) is 25.4 Å². The smallest absolute Gasteiger partial charge is 0.226 e. The van der Waals surface area contributed by atoms with Gasteiger partial charge in [0.15, 0.2) is 5.13 Å². The highest BCUT2D eigenvalue weighted by Gasteiger charge is 2.16. The fraction of sp³-hybridized carbons (Fsp3) is 0.375. The molecule has 1 unspecified atom stereocenters. The zero-order chi connectivity index (χ0) is 16.1. The Labute approximate surface area is 137 Å². The van der Waals surface area contributed by atoms with Crippen LogP contribution < -0.4 is 10.6 Å². The molecule has 1 amide bonds. The van der Waals surface area contributed by atoms with Gasteiger partial charge in [-0.1, -0.05) is 0 Å². The number of thiazole rings is 1. The Morgan fingerprint density at radius 3 is 2.96 bits per heavy atom. The summed E-state index contributed by atoms with van der Waals surface area (Å²) < 4.78 is 18.3. The molecule has 2 heterocycles. The van der Waals surface area contributed by atoms with Crippen LogP contribution in [0.4, 0.5) is 15.2 Å². The number of ether oxygens (including phenoxy) is 1. The Hall–Kier alpha value is -1.99. The van der Waals surface area contributed by atoms with Crippen molar-refractivity contribution < 1.29 is 13.9 Å². The molecule has 1 aliphatic heterocycles. The molecule has 2 aromatic rings. The van der Waals surface area contributed by atoms with Gasteiger partial charge in [0.2, 0.25) is 5.91 Å². The van der Waals surface area contributed by atoms with Crippen molar-refractivity contribution >= 4 is 28.1 Å². The third-order valence-corrected chi connectivity index (χ3v) is 4.35. The average molecular weight is 335 g/mol. The summed E-state index contributed by atoms with van der Waals surface area (Å²) >= 11 is 1.41. The number of amides is 1. The number of halogens is 1. The first-order valence-electron chi connectivity index (χ1n) is 7.54. The van der Waals surface area contributed by atoms with E-state index in [4.69, 9.17) is 4.74 Å². The predicted molar refractivity (Wildman–Crippen MR) is 87.5 cm³/mol. The van der Waals surface area contributed by atoms with Gasteiger partial charge in [-0.3, -0.25) is 4.79 Å². The highest BCUT2D eigenvalue weighted by molar-refractivity contribution is 7.13. The molecule has 0 aliphatic carbocycles. The van der Waals surface area contributed by atoms with Crippen LogP contribution in [0.25, 0.3) is 0 Å². The van der Waals surface area contributed by atoms with Gasteiger partial charge < -0.3 is 15.4 Å². The minimum absolute atomic E-state index is 0.0564. The number of hydrogen-bond acceptors (Lipinski definition) is 5. The summed E-state index contributed by atoms with van der Waals surface area (Å²) in [4.78, 5) is 16.3. The molecule has 5 nitrogen and oxygen atoms in total. The number of aromatic nitrogens is 1. The first kappa shape index (κ1) is 15.9. The largest absolute Gasteiger partial charge is 0.376 e. The Morgan fingerprint density at radius 1 is 1.39 bits per heavy atom. The maximum absolute atomic E-state index is 12.9. The molecule has 1 fully saturated rings. The summed E-state index contributed by atoms with van der Waals surface area (Å²) in [6.07, 6.45) is 2.45. The SMILES string of the molecule is O=C(Cc1csc(Nc2ccc(F)cc2)n1)NCC1CCCO1. The summed E-state index contributed by atoms with van der Waals surface area (Å²) in [7, 11) is 0. The van der Waals surface area contributed by atoms with Gasteiger partial charge in [0.1, 0.15) is 5.82 Å². The first-order chi connectivity index (χ1) is 11.2. The molecule has 2 N–H and O–H groups in total. The molecule has 7 heteroatoms. The summed E-state index contributed by atoms with van der Waals surface area (Å²) in [6, 6.07) is 6.06. The van der Waals surface area contributed by atoms with Gasteiger partial charge in [-0.25, -0.2) is 9.37 Å². The van der Waals surface area contributed by atoms with Gasteiger partial charge in [-0.2, -0.15) is 0 Å². The van der Waals surface area contributed by atoms with Crippen molar-refractivity contribution in [2.75, 3.05) is 18.5 Å². The molecule has 0 radical (unpaired) electrons. The second-order valence-corrected chi connectivity index (χ2v) is 6.25. The third kappa shape index (κ3) is 4.74. The van der Waals surface area contributed by atoms with E-state index in [2.05, 4.69) is 15.6 Å². The lowest BCUT2D eigenvalue weighted by molar-refractivity contribution is -0.121. The van der Waals surface area contributed by atoms with Crippen molar-refractivity contribution in [1.29, 1.82) is 0 Å². The number of carbonyl (C=O) groups is 1. The lowest BCUT2D eigenvalue weighted by Gasteiger charge is -2.10. The normalized spacial score (nSPS) is 17.2. The van der Waals surface area contributed by atoms with Crippen LogP contribution >= 0.6 is 11.3 Å². The van der Waals surface area contributed by atoms with Crippen LogP contribution in [0.1, 0.15) is 18.5 Å². The van der Waals surface area contributed by atoms with Crippen LogP contribution in [-0.2, 0) is 16.0 Å².